The van der Waals surface area contributed by atoms with Crippen LogP contribution in [-0.4, -0.2) is 55.2 Å². The topological polar surface area (TPSA) is 81.7 Å². The summed E-state index contributed by atoms with van der Waals surface area (Å²) in [5.74, 6) is -0.685. The molecule has 1 fully saturated rings. The highest BCUT2D eigenvalue weighted by atomic mass is 16.4. The summed E-state index contributed by atoms with van der Waals surface area (Å²) in [5, 5.41) is 14.6. The molecule has 1 rings (SSSR count). The van der Waals surface area contributed by atoms with Gasteiger partial charge < -0.3 is 20.6 Å². The Bertz CT molecular complexity index is 284. The molecule has 1 aliphatic rings. The fourth-order valence-corrected chi connectivity index (χ4v) is 2.24. The summed E-state index contributed by atoms with van der Waals surface area (Å²) in [6, 6.07) is -0.0683. The lowest BCUT2D eigenvalue weighted by Crippen LogP contribution is -2.46. The molecule has 1 saturated heterocycles. The number of aliphatic carboxylic acids is 1. The molecule has 2 amide bonds. The van der Waals surface area contributed by atoms with Crippen LogP contribution in [0.4, 0.5) is 4.79 Å². The van der Waals surface area contributed by atoms with Gasteiger partial charge in [0.2, 0.25) is 0 Å². The zero-order chi connectivity index (χ0) is 13.4. The lowest BCUT2D eigenvalue weighted by molar-refractivity contribution is -0.138. The number of carbonyl (C=O) groups excluding carboxylic acids is 1. The average Bonchev–Trinajstić information content (AvgIpc) is 2.34. The second kappa shape index (κ2) is 7.92. The third-order valence-corrected chi connectivity index (χ3v) is 3.15. The Balaban J connectivity index is 2.27. The molecule has 0 aromatic rings. The number of carbonyl (C=O) groups is 2. The van der Waals surface area contributed by atoms with Crippen molar-refractivity contribution in [3.63, 3.8) is 0 Å². The van der Waals surface area contributed by atoms with Gasteiger partial charge in [0.05, 0.1) is 0 Å². The molecule has 18 heavy (non-hydrogen) atoms. The van der Waals surface area contributed by atoms with Gasteiger partial charge in [-0.2, -0.15) is 0 Å². The zero-order valence-electron chi connectivity index (χ0n) is 10.9. The van der Waals surface area contributed by atoms with Crippen LogP contribution in [0.15, 0.2) is 0 Å². The Labute approximate surface area is 108 Å². The first-order chi connectivity index (χ1) is 8.63. The van der Waals surface area contributed by atoms with Crippen molar-refractivity contribution in [2.45, 2.75) is 25.7 Å². The maximum Gasteiger partial charge on any atom is 0.317 e. The third kappa shape index (κ3) is 5.35. The number of likely N-dealkylation sites (tertiary alicyclic amines) is 1. The number of carboxylic acid groups (broad SMARTS) is 1. The molecule has 0 aromatic heterocycles. The van der Waals surface area contributed by atoms with Crippen molar-refractivity contribution >= 4 is 12.0 Å². The van der Waals surface area contributed by atoms with Crippen molar-refractivity contribution < 1.29 is 14.7 Å². The van der Waals surface area contributed by atoms with Crippen LogP contribution in [-0.2, 0) is 4.79 Å². The molecule has 0 radical (unpaired) electrons. The van der Waals surface area contributed by atoms with E-state index in [0.29, 0.717) is 13.1 Å². The van der Waals surface area contributed by atoms with E-state index in [9.17, 15) is 9.59 Å². The van der Waals surface area contributed by atoms with E-state index >= 15 is 0 Å². The summed E-state index contributed by atoms with van der Waals surface area (Å²) in [5.41, 5.74) is 0. The summed E-state index contributed by atoms with van der Waals surface area (Å²) in [7, 11) is 1.88. The Kier molecular flexibility index (Phi) is 6.49. The first-order valence-corrected chi connectivity index (χ1v) is 6.52. The van der Waals surface area contributed by atoms with Gasteiger partial charge in [0.1, 0.15) is 0 Å². The van der Waals surface area contributed by atoms with Gasteiger partial charge in [0.25, 0.3) is 0 Å². The van der Waals surface area contributed by atoms with Gasteiger partial charge in [-0.1, -0.05) is 0 Å². The molecule has 1 atom stereocenters. The molecular formula is C12H23N3O3. The van der Waals surface area contributed by atoms with Gasteiger partial charge in [0, 0.05) is 26.1 Å². The molecule has 1 heterocycles. The van der Waals surface area contributed by atoms with Crippen LogP contribution in [0.1, 0.15) is 25.7 Å². The van der Waals surface area contributed by atoms with Gasteiger partial charge >= 0.3 is 12.0 Å². The molecule has 6 heteroatoms. The van der Waals surface area contributed by atoms with Gasteiger partial charge in [-0.3, -0.25) is 4.79 Å². The van der Waals surface area contributed by atoms with Crippen molar-refractivity contribution in [2.24, 2.45) is 5.92 Å². The Morgan fingerprint density at radius 2 is 2.17 bits per heavy atom. The highest BCUT2D eigenvalue weighted by molar-refractivity contribution is 5.74. The second-order valence-electron chi connectivity index (χ2n) is 4.74. The molecule has 3 N–H and O–H groups in total. The van der Waals surface area contributed by atoms with Crippen molar-refractivity contribution in [1.29, 1.82) is 0 Å². The van der Waals surface area contributed by atoms with Crippen LogP contribution < -0.4 is 10.6 Å². The molecule has 104 valence electrons. The first kappa shape index (κ1) is 14.8. The molecule has 0 aromatic carbocycles. The normalized spacial score (nSPS) is 19.6. The zero-order valence-corrected chi connectivity index (χ0v) is 10.9. The van der Waals surface area contributed by atoms with E-state index in [-0.39, 0.29) is 18.4 Å². The van der Waals surface area contributed by atoms with Crippen LogP contribution in [0.2, 0.25) is 0 Å². The molecular weight excluding hydrogens is 234 g/mol. The van der Waals surface area contributed by atoms with Gasteiger partial charge in [-0.25, -0.2) is 4.79 Å². The summed E-state index contributed by atoms with van der Waals surface area (Å²) < 4.78 is 0. The number of carboxylic acids is 1. The summed E-state index contributed by atoms with van der Waals surface area (Å²) >= 11 is 0. The van der Waals surface area contributed by atoms with E-state index in [1.165, 1.54) is 0 Å². The molecule has 0 spiro atoms. The number of rotatable bonds is 6. The van der Waals surface area contributed by atoms with E-state index in [1.54, 1.807) is 4.90 Å². The summed E-state index contributed by atoms with van der Waals surface area (Å²) in [6.07, 6.45) is 2.84. The van der Waals surface area contributed by atoms with E-state index in [4.69, 9.17) is 5.11 Å². The Morgan fingerprint density at radius 1 is 1.39 bits per heavy atom. The second-order valence-corrected chi connectivity index (χ2v) is 4.74. The highest BCUT2D eigenvalue weighted by Crippen LogP contribution is 2.19. The van der Waals surface area contributed by atoms with Crippen molar-refractivity contribution in [2.75, 3.05) is 33.2 Å². The smallest absolute Gasteiger partial charge is 0.317 e. The quantitative estimate of drug-likeness (QED) is 0.605. The largest absolute Gasteiger partial charge is 0.481 e. The van der Waals surface area contributed by atoms with Gasteiger partial charge in [-0.05, 0) is 38.8 Å². The lowest BCUT2D eigenvalue weighted by atomic mass is 9.95. The van der Waals surface area contributed by atoms with Crippen LogP contribution in [0.25, 0.3) is 0 Å². The Hall–Kier alpha value is -1.30. The van der Waals surface area contributed by atoms with Crippen LogP contribution in [0.5, 0.6) is 0 Å². The minimum atomic E-state index is -0.781. The van der Waals surface area contributed by atoms with Gasteiger partial charge in [0.15, 0.2) is 0 Å². The maximum atomic E-state index is 11.8. The highest BCUT2D eigenvalue weighted by Gasteiger charge is 2.24. The molecule has 0 saturated carbocycles. The predicted octanol–water partition coefficient (Wildman–Crippen LogP) is 0.492. The number of nitrogens with one attached hydrogen (secondary N) is 2. The fraction of sp³-hybridized carbons (Fsp3) is 0.833. The summed E-state index contributed by atoms with van der Waals surface area (Å²) in [4.78, 5) is 24.2. The molecule has 0 aliphatic carbocycles. The van der Waals surface area contributed by atoms with Crippen molar-refractivity contribution in [3.8, 4) is 0 Å². The predicted molar refractivity (Wildman–Crippen MR) is 68.5 cm³/mol. The molecule has 1 aliphatic heterocycles. The van der Waals surface area contributed by atoms with Crippen LogP contribution >= 0.6 is 0 Å². The van der Waals surface area contributed by atoms with Gasteiger partial charge in [-0.15, -0.1) is 0 Å². The number of amides is 2. The molecule has 0 bridgehead atoms. The summed E-state index contributed by atoms with van der Waals surface area (Å²) in [6.45, 7) is 2.82. The van der Waals surface area contributed by atoms with E-state index < -0.39 is 5.97 Å². The maximum absolute atomic E-state index is 11.8. The van der Waals surface area contributed by atoms with E-state index in [0.717, 1.165) is 32.4 Å². The first-order valence-electron chi connectivity index (χ1n) is 6.52. The minimum absolute atomic E-state index is 0.0683. The molecule has 1 unspecified atom stereocenters. The number of hydrogen-bond donors (Lipinski definition) is 3. The van der Waals surface area contributed by atoms with Crippen molar-refractivity contribution in [1.82, 2.24) is 15.5 Å². The standard InChI is InChI=1S/C12H23N3O3/c1-13-5-3-6-14-12(18)15-7-2-4-10(9-15)8-11(16)17/h10,13H,2-9H2,1H3,(H,14,18)(H,16,17). The minimum Gasteiger partial charge on any atom is -0.481 e. The number of hydrogen-bond acceptors (Lipinski definition) is 3. The SMILES string of the molecule is CNCCCNC(=O)N1CCCC(CC(=O)O)C1. The van der Waals surface area contributed by atoms with Crippen LogP contribution in [0, 0.1) is 5.92 Å². The molecule has 6 nitrogen and oxygen atoms in total. The average molecular weight is 257 g/mol. The third-order valence-electron chi connectivity index (χ3n) is 3.15. The fourth-order valence-electron chi connectivity index (χ4n) is 2.24. The number of piperidine rings is 1. The monoisotopic (exact) mass is 257 g/mol. The Morgan fingerprint density at radius 3 is 2.83 bits per heavy atom. The van der Waals surface area contributed by atoms with E-state index in [1.807, 2.05) is 7.05 Å². The number of urea groups is 1. The van der Waals surface area contributed by atoms with Crippen molar-refractivity contribution in [3.05, 3.63) is 0 Å². The lowest BCUT2D eigenvalue weighted by Gasteiger charge is -2.32. The van der Waals surface area contributed by atoms with E-state index in [2.05, 4.69) is 10.6 Å². The number of nitrogens with zero attached hydrogens (tertiary/aromatic N) is 1. The van der Waals surface area contributed by atoms with Crippen LogP contribution in [0.3, 0.4) is 0 Å².